The Bertz CT molecular complexity index is 489. The molecule has 1 amide bonds. The lowest BCUT2D eigenvalue weighted by molar-refractivity contribution is -0.121. The van der Waals surface area contributed by atoms with E-state index in [0.717, 1.165) is 24.9 Å². The average Bonchev–Trinajstić information content (AvgIpc) is 2.82. The molecule has 0 aliphatic carbocycles. The number of amides is 1. The van der Waals surface area contributed by atoms with Crippen LogP contribution in [-0.4, -0.2) is 37.5 Å². The molecule has 1 aliphatic rings. The number of nitrogens with one attached hydrogen (secondary N) is 1. The number of benzene rings is 1. The van der Waals surface area contributed by atoms with Crippen molar-refractivity contribution in [3.8, 4) is 0 Å². The second-order valence-electron chi connectivity index (χ2n) is 5.79. The first kappa shape index (κ1) is 16.2. The van der Waals surface area contributed by atoms with Crippen molar-refractivity contribution in [3.05, 3.63) is 34.6 Å². The Labute approximate surface area is 130 Å². The van der Waals surface area contributed by atoms with Crippen LogP contribution in [0.3, 0.4) is 0 Å². The highest BCUT2D eigenvalue weighted by Crippen LogP contribution is 2.32. The molecule has 2 unspecified atom stereocenters. The van der Waals surface area contributed by atoms with Gasteiger partial charge in [-0.15, -0.1) is 0 Å². The SMILES string of the molecule is CNC(=O)CC(CC1CCCN1C)c1cc(F)cc(Cl)c1. The summed E-state index contributed by atoms with van der Waals surface area (Å²) in [6, 6.07) is 5.01. The number of halogens is 2. The molecule has 116 valence electrons. The summed E-state index contributed by atoms with van der Waals surface area (Å²) in [5.74, 6) is -0.385. The van der Waals surface area contributed by atoms with Gasteiger partial charge in [-0.3, -0.25) is 4.79 Å². The minimum atomic E-state index is -0.348. The van der Waals surface area contributed by atoms with E-state index in [-0.39, 0.29) is 17.6 Å². The molecule has 1 aromatic rings. The van der Waals surface area contributed by atoms with E-state index in [2.05, 4.69) is 17.3 Å². The quantitative estimate of drug-likeness (QED) is 0.905. The Kier molecular flexibility index (Phi) is 5.59. The van der Waals surface area contributed by atoms with Crippen molar-refractivity contribution in [1.82, 2.24) is 10.2 Å². The van der Waals surface area contributed by atoms with E-state index in [1.54, 1.807) is 13.1 Å². The van der Waals surface area contributed by atoms with Gasteiger partial charge in [0.25, 0.3) is 0 Å². The number of carbonyl (C=O) groups is 1. The topological polar surface area (TPSA) is 32.3 Å². The molecule has 1 aromatic carbocycles. The molecule has 2 atom stereocenters. The Morgan fingerprint density at radius 2 is 2.29 bits per heavy atom. The molecule has 0 spiro atoms. The predicted molar refractivity (Wildman–Crippen MR) is 83.1 cm³/mol. The second-order valence-corrected chi connectivity index (χ2v) is 6.23. The van der Waals surface area contributed by atoms with Gasteiger partial charge in [0.05, 0.1) is 0 Å². The Morgan fingerprint density at radius 3 is 2.86 bits per heavy atom. The molecule has 0 bridgehead atoms. The number of hydrogen-bond donors (Lipinski definition) is 1. The minimum Gasteiger partial charge on any atom is -0.359 e. The van der Waals surface area contributed by atoms with Gasteiger partial charge in [-0.2, -0.15) is 0 Å². The maximum Gasteiger partial charge on any atom is 0.220 e. The van der Waals surface area contributed by atoms with Gasteiger partial charge < -0.3 is 10.2 Å². The number of hydrogen-bond acceptors (Lipinski definition) is 2. The van der Waals surface area contributed by atoms with Gasteiger partial charge in [-0.05, 0) is 62.5 Å². The molecule has 1 heterocycles. The molecule has 1 fully saturated rings. The van der Waals surface area contributed by atoms with Crippen molar-refractivity contribution in [2.45, 2.75) is 37.6 Å². The third-order valence-electron chi connectivity index (χ3n) is 4.30. The fourth-order valence-electron chi connectivity index (χ4n) is 3.08. The summed E-state index contributed by atoms with van der Waals surface area (Å²) in [6.45, 7) is 1.08. The number of nitrogens with zero attached hydrogens (tertiary/aromatic N) is 1. The van der Waals surface area contributed by atoms with Crippen molar-refractivity contribution in [1.29, 1.82) is 0 Å². The van der Waals surface area contributed by atoms with Gasteiger partial charge in [0, 0.05) is 24.5 Å². The molecular formula is C16H22ClFN2O. The zero-order valence-corrected chi connectivity index (χ0v) is 13.3. The van der Waals surface area contributed by atoms with Crippen molar-refractivity contribution in [3.63, 3.8) is 0 Å². The number of likely N-dealkylation sites (tertiary alicyclic amines) is 1. The standard InChI is InChI=1S/C16H22ClFN2O/c1-19-16(21)9-12(8-15-4-3-5-20(15)2)11-6-13(17)10-14(18)7-11/h6-7,10,12,15H,3-5,8-9H2,1-2H3,(H,19,21). The van der Waals surface area contributed by atoms with Crippen LogP contribution in [0.4, 0.5) is 4.39 Å². The van der Waals surface area contributed by atoms with Crippen LogP contribution in [0.2, 0.25) is 5.02 Å². The van der Waals surface area contributed by atoms with Crippen LogP contribution >= 0.6 is 11.6 Å². The number of rotatable bonds is 5. The van der Waals surface area contributed by atoms with Gasteiger partial charge in [0.2, 0.25) is 5.91 Å². The lowest BCUT2D eigenvalue weighted by atomic mass is 9.88. The van der Waals surface area contributed by atoms with Gasteiger partial charge in [-0.25, -0.2) is 4.39 Å². The second kappa shape index (κ2) is 7.23. The molecular weight excluding hydrogens is 291 g/mol. The van der Waals surface area contributed by atoms with Crippen LogP contribution in [0, 0.1) is 5.82 Å². The minimum absolute atomic E-state index is 0.0105. The van der Waals surface area contributed by atoms with E-state index < -0.39 is 0 Å². The maximum absolute atomic E-state index is 13.6. The van der Waals surface area contributed by atoms with Gasteiger partial charge >= 0.3 is 0 Å². The summed E-state index contributed by atoms with van der Waals surface area (Å²) < 4.78 is 13.6. The fraction of sp³-hybridized carbons (Fsp3) is 0.562. The van der Waals surface area contributed by atoms with Gasteiger partial charge in [0.1, 0.15) is 5.82 Å². The largest absolute Gasteiger partial charge is 0.359 e. The molecule has 0 aromatic heterocycles. The molecule has 21 heavy (non-hydrogen) atoms. The summed E-state index contributed by atoms with van der Waals surface area (Å²) in [6.07, 6.45) is 3.52. The van der Waals surface area contributed by atoms with E-state index in [9.17, 15) is 9.18 Å². The first-order chi connectivity index (χ1) is 9.99. The summed E-state index contributed by atoms with van der Waals surface area (Å²) in [5.41, 5.74) is 0.809. The molecule has 0 saturated carbocycles. The highest BCUT2D eigenvalue weighted by molar-refractivity contribution is 6.30. The van der Waals surface area contributed by atoms with Crippen LogP contribution in [0.15, 0.2) is 18.2 Å². The molecule has 0 radical (unpaired) electrons. The Morgan fingerprint density at radius 1 is 1.52 bits per heavy atom. The smallest absolute Gasteiger partial charge is 0.220 e. The zero-order chi connectivity index (χ0) is 15.4. The number of carbonyl (C=O) groups excluding carboxylic acids is 1. The van der Waals surface area contributed by atoms with Crippen LogP contribution in [-0.2, 0) is 4.79 Å². The lowest BCUT2D eigenvalue weighted by Gasteiger charge is -2.25. The molecule has 1 saturated heterocycles. The van der Waals surface area contributed by atoms with Gasteiger partial charge in [-0.1, -0.05) is 11.6 Å². The lowest BCUT2D eigenvalue weighted by Crippen LogP contribution is -2.29. The molecule has 3 nitrogen and oxygen atoms in total. The first-order valence-electron chi connectivity index (χ1n) is 7.36. The fourth-order valence-corrected chi connectivity index (χ4v) is 3.31. The Hall–Kier alpha value is -1.13. The summed E-state index contributed by atoms with van der Waals surface area (Å²) >= 11 is 5.96. The predicted octanol–water partition coefficient (Wildman–Crippen LogP) is 3.18. The highest BCUT2D eigenvalue weighted by atomic mass is 35.5. The third kappa shape index (κ3) is 4.42. The van der Waals surface area contributed by atoms with Gasteiger partial charge in [0.15, 0.2) is 0 Å². The van der Waals surface area contributed by atoms with Crippen LogP contribution in [0.5, 0.6) is 0 Å². The molecule has 5 heteroatoms. The van der Waals surface area contributed by atoms with Crippen molar-refractivity contribution < 1.29 is 9.18 Å². The average molecular weight is 313 g/mol. The van der Waals surface area contributed by atoms with E-state index >= 15 is 0 Å². The highest BCUT2D eigenvalue weighted by Gasteiger charge is 2.26. The van der Waals surface area contributed by atoms with Crippen LogP contribution < -0.4 is 5.32 Å². The summed E-state index contributed by atoms with van der Waals surface area (Å²) in [7, 11) is 3.73. The molecule has 1 aliphatic heterocycles. The Balaban J connectivity index is 2.19. The van der Waals surface area contributed by atoms with E-state index in [1.807, 2.05) is 0 Å². The summed E-state index contributed by atoms with van der Waals surface area (Å²) in [5, 5.41) is 3.03. The van der Waals surface area contributed by atoms with Crippen molar-refractivity contribution in [2.75, 3.05) is 20.6 Å². The van der Waals surface area contributed by atoms with Crippen LogP contribution in [0.1, 0.15) is 37.2 Å². The zero-order valence-electron chi connectivity index (χ0n) is 12.5. The molecule has 1 N–H and O–H groups in total. The normalized spacial score (nSPS) is 20.5. The van der Waals surface area contributed by atoms with Crippen LogP contribution in [0.25, 0.3) is 0 Å². The molecule has 2 rings (SSSR count). The first-order valence-corrected chi connectivity index (χ1v) is 7.74. The van der Waals surface area contributed by atoms with E-state index in [1.165, 1.54) is 18.6 Å². The summed E-state index contributed by atoms with van der Waals surface area (Å²) in [4.78, 5) is 14.1. The van der Waals surface area contributed by atoms with Crippen molar-refractivity contribution in [2.24, 2.45) is 0 Å². The van der Waals surface area contributed by atoms with E-state index in [4.69, 9.17) is 11.6 Å². The maximum atomic E-state index is 13.6. The van der Waals surface area contributed by atoms with E-state index in [0.29, 0.717) is 17.5 Å². The third-order valence-corrected chi connectivity index (χ3v) is 4.51. The van der Waals surface area contributed by atoms with Crippen molar-refractivity contribution >= 4 is 17.5 Å². The monoisotopic (exact) mass is 312 g/mol.